The first kappa shape index (κ1) is 20.8. The molecule has 1 atom stereocenters. The van der Waals surface area contributed by atoms with E-state index >= 15 is 0 Å². The Morgan fingerprint density at radius 2 is 2.00 bits per heavy atom. The monoisotopic (exact) mass is 440 g/mol. The summed E-state index contributed by atoms with van der Waals surface area (Å²) in [5.74, 6) is 0.110. The van der Waals surface area contributed by atoms with Gasteiger partial charge in [-0.1, -0.05) is 18.7 Å². The summed E-state index contributed by atoms with van der Waals surface area (Å²) in [7, 11) is 0. The fraction of sp³-hybridized carbons (Fsp3) is 0.154. The minimum atomic E-state index is -0.442. The summed E-state index contributed by atoms with van der Waals surface area (Å²) in [4.78, 5) is 26.9. The normalized spacial score (nSPS) is 15.5. The lowest BCUT2D eigenvalue weighted by atomic mass is 9.92. The average Bonchev–Trinajstić information content (AvgIpc) is 3.35. The summed E-state index contributed by atoms with van der Waals surface area (Å²) in [5, 5.41) is 0.921. The van der Waals surface area contributed by atoms with E-state index in [9.17, 15) is 9.18 Å². The molecule has 1 amide bonds. The number of rotatable bonds is 5. The van der Waals surface area contributed by atoms with Crippen LogP contribution in [0.25, 0.3) is 22.0 Å². The van der Waals surface area contributed by atoms with Gasteiger partial charge in [-0.25, -0.2) is 19.3 Å². The van der Waals surface area contributed by atoms with E-state index in [1.807, 2.05) is 17.0 Å². The molecule has 33 heavy (non-hydrogen) atoms. The van der Waals surface area contributed by atoms with Crippen molar-refractivity contribution in [2.24, 2.45) is 0 Å². The smallest absolute Gasteiger partial charge is 0.245 e. The predicted octanol–water partition coefficient (Wildman–Crippen LogP) is 5.13. The van der Waals surface area contributed by atoms with Crippen LogP contribution < -0.4 is 4.74 Å². The zero-order valence-corrected chi connectivity index (χ0v) is 17.8. The van der Waals surface area contributed by atoms with Crippen LogP contribution in [0.3, 0.4) is 0 Å². The molecule has 0 aliphatic carbocycles. The Morgan fingerprint density at radius 1 is 1.12 bits per heavy atom. The van der Waals surface area contributed by atoms with Gasteiger partial charge in [0.15, 0.2) is 11.6 Å². The number of pyridine rings is 1. The van der Waals surface area contributed by atoms with Gasteiger partial charge >= 0.3 is 0 Å². The number of halogens is 1. The van der Waals surface area contributed by atoms with E-state index in [0.29, 0.717) is 19.0 Å². The van der Waals surface area contributed by atoms with Crippen LogP contribution in [0.4, 0.5) is 4.39 Å². The van der Waals surface area contributed by atoms with Crippen molar-refractivity contribution in [1.82, 2.24) is 19.9 Å². The maximum atomic E-state index is 13.9. The minimum absolute atomic E-state index is 0.0535. The number of aromatic nitrogens is 3. The molecule has 1 aliphatic rings. The minimum Gasteiger partial charge on any atom is -0.436 e. The van der Waals surface area contributed by atoms with Gasteiger partial charge in [-0.3, -0.25) is 4.79 Å². The van der Waals surface area contributed by atoms with E-state index < -0.39 is 5.82 Å². The Hall–Kier alpha value is -4.13. The lowest BCUT2D eigenvalue weighted by Gasteiger charge is -2.17. The number of likely N-dealkylation sites (tertiary alicyclic amines) is 1. The SMILES string of the molecule is C=CC(=O)N1CCC(c2cc(-c3ccc(Oc4ccccc4F)nc3)cc3cncnc23)C1. The van der Waals surface area contributed by atoms with Crippen molar-refractivity contribution in [3.63, 3.8) is 0 Å². The fourth-order valence-electron chi connectivity index (χ4n) is 4.21. The van der Waals surface area contributed by atoms with E-state index in [0.717, 1.165) is 34.0 Å². The number of fused-ring (bicyclic) bond motifs is 1. The lowest BCUT2D eigenvalue weighted by molar-refractivity contribution is -0.125. The van der Waals surface area contributed by atoms with Crippen LogP contribution in [-0.2, 0) is 4.79 Å². The largest absolute Gasteiger partial charge is 0.436 e. The van der Waals surface area contributed by atoms with Crippen LogP contribution in [0.15, 0.2) is 79.9 Å². The van der Waals surface area contributed by atoms with E-state index in [1.165, 1.54) is 12.1 Å². The second kappa shape index (κ2) is 8.78. The molecule has 2 aromatic heterocycles. The van der Waals surface area contributed by atoms with Gasteiger partial charge in [0.05, 0.1) is 5.52 Å². The molecule has 164 valence electrons. The number of ether oxygens (including phenoxy) is 1. The summed E-state index contributed by atoms with van der Waals surface area (Å²) in [6.07, 6.45) is 7.25. The van der Waals surface area contributed by atoms with Gasteiger partial charge in [0.25, 0.3) is 0 Å². The Balaban J connectivity index is 1.47. The quantitative estimate of drug-likeness (QED) is 0.403. The first-order valence-corrected chi connectivity index (χ1v) is 10.7. The Kier molecular flexibility index (Phi) is 5.52. The second-order valence-electron chi connectivity index (χ2n) is 7.92. The number of amides is 1. The fourth-order valence-corrected chi connectivity index (χ4v) is 4.21. The summed E-state index contributed by atoms with van der Waals surface area (Å²) in [6, 6.07) is 13.9. The van der Waals surface area contributed by atoms with Crippen molar-refractivity contribution < 1.29 is 13.9 Å². The van der Waals surface area contributed by atoms with E-state index in [-0.39, 0.29) is 17.6 Å². The van der Waals surface area contributed by atoms with Gasteiger partial charge in [-0.15, -0.1) is 0 Å². The molecule has 1 fully saturated rings. The third kappa shape index (κ3) is 4.17. The first-order chi connectivity index (χ1) is 16.1. The summed E-state index contributed by atoms with van der Waals surface area (Å²) in [5.41, 5.74) is 3.82. The lowest BCUT2D eigenvalue weighted by Crippen LogP contribution is -2.26. The zero-order valence-electron chi connectivity index (χ0n) is 17.8. The van der Waals surface area contributed by atoms with Crippen LogP contribution in [0.1, 0.15) is 17.9 Å². The Labute approximate surface area is 190 Å². The number of hydrogen-bond donors (Lipinski definition) is 0. The molecule has 1 saturated heterocycles. The first-order valence-electron chi connectivity index (χ1n) is 10.7. The van der Waals surface area contributed by atoms with Gasteiger partial charge in [-0.05, 0) is 54.0 Å². The molecular formula is C26H21FN4O2. The topological polar surface area (TPSA) is 68.2 Å². The van der Waals surface area contributed by atoms with E-state index in [1.54, 1.807) is 43.0 Å². The maximum absolute atomic E-state index is 13.9. The number of carbonyl (C=O) groups is 1. The molecule has 5 rings (SSSR count). The van der Waals surface area contributed by atoms with Crippen LogP contribution in [0.2, 0.25) is 0 Å². The van der Waals surface area contributed by atoms with Gasteiger partial charge in [0.1, 0.15) is 6.33 Å². The molecule has 7 heteroatoms. The van der Waals surface area contributed by atoms with Gasteiger partial charge in [0, 0.05) is 48.4 Å². The molecule has 0 saturated carbocycles. The summed E-state index contributed by atoms with van der Waals surface area (Å²) < 4.78 is 19.4. The number of benzene rings is 2. The van der Waals surface area contributed by atoms with Crippen LogP contribution in [0, 0.1) is 5.82 Å². The standard InChI is InChI=1S/C26H21FN4O2/c1-2-25(32)31-10-9-18(15-31)21-12-19(11-20-13-28-16-30-26(20)21)17-7-8-24(29-14-17)33-23-6-4-3-5-22(23)27/h2-8,11-14,16,18H,1,9-10,15H2. The van der Waals surface area contributed by atoms with Gasteiger partial charge in [-0.2, -0.15) is 0 Å². The molecule has 1 unspecified atom stereocenters. The van der Waals surface area contributed by atoms with Crippen molar-refractivity contribution in [3.8, 4) is 22.8 Å². The molecule has 6 nitrogen and oxygen atoms in total. The highest BCUT2D eigenvalue weighted by molar-refractivity contribution is 5.89. The Bertz CT molecular complexity index is 1340. The van der Waals surface area contributed by atoms with Crippen LogP contribution in [-0.4, -0.2) is 38.8 Å². The molecule has 3 heterocycles. The highest BCUT2D eigenvalue weighted by Gasteiger charge is 2.28. The molecule has 0 N–H and O–H groups in total. The van der Waals surface area contributed by atoms with Crippen LogP contribution in [0.5, 0.6) is 11.6 Å². The number of para-hydroxylation sites is 1. The highest BCUT2D eigenvalue weighted by atomic mass is 19.1. The number of nitrogens with zero attached hydrogens (tertiary/aromatic N) is 4. The van der Waals surface area contributed by atoms with Crippen molar-refractivity contribution in [3.05, 3.63) is 91.3 Å². The van der Waals surface area contributed by atoms with Crippen LogP contribution >= 0.6 is 0 Å². The van der Waals surface area contributed by atoms with Crippen molar-refractivity contribution in [2.45, 2.75) is 12.3 Å². The van der Waals surface area contributed by atoms with Crippen molar-refractivity contribution in [1.29, 1.82) is 0 Å². The molecule has 0 radical (unpaired) electrons. The second-order valence-corrected chi connectivity index (χ2v) is 7.92. The summed E-state index contributed by atoms with van der Waals surface area (Å²) >= 11 is 0. The molecule has 0 spiro atoms. The Morgan fingerprint density at radius 3 is 2.79 bits per heavy atom. The third-order valence-corrected chi connectivity index (χ3v) is 5.87. The molecular weight excluding hydrogens is 419 g/mol. The molecule has 4 aromatic rings. The predicted molar refractivity (Wildman–Crippen MR) is 123 cm³/mol. The zero-order chi connectivity index (χ0) is 22.8. The molecule has 1 aliphatic heterocycles. The number of carbonyl (C=O) groups excluding carboxylic acids is 1. The number of hydrogen-bond acceptors (Lipinski definition) is 5. The van der Waals surface area contributed by atoms with Gasteiger partial charge < -0.3 is 9.64 Å². The maximum Gasteiger partial charge on any atom is 0.245 e. The molecule has 0 bridgehead atoms. The van der Waals surface area contributed by atoms with Crippen molar-refractivity contribution >= 4 is 16.8 Å². The third-order valence-electron chi connectivity index (χ3n) is 5.87. The highest BCUT2D eigenvalue weighted by Crippen LogP contribution is 2.35. The molecule has 2 aromatic carbocycles. The van der Waals surface area contributed by atoms with Gasteiger partial charge in [0.2, 0.25) is 11.8 Å². The van der Waals surface area contributed by atoms with E-state index in [2.05, 4.69) is 27.6 Å². The van der Waals surface area contributed by atoms with E-state index in [4.69, 9.17) is 4.74 Å². The summed E-state index contributed by atoms with van der Waals surface area (Å²) in [6.45, 7) is 4.91. The average molecular weight is 440 g/mol. The van der Waals surface area contributed by atoms with Crippen molar-refractivity contribution in [2.75, 3.05) is 13.1 Å².